The largest absolute Gasteiger partial charge is 0.497 e. The van der Waals surface area contributed by atoms with Gasteiger partial charge in [0.15, 0.2) is 0 Å². The topological polar surface area (TPSA) is 38.7 Å². The average Bonchev–Trinajstić information content (AvgIpc) is 2.54. The van der Waals surface area contributed by atoms with Crippen LogP contribution in [0.2, 0.25) is 0 Å². The van der Waals surface area contributed by atoms with E-state index in [0.717, 1.165) is 35.8 Å². The lowest BCUT2D eigenvalue weighted by atomic mass is 9.76. The molecule has 0 spiro atoms. The van der Waals surface area contributed by atoms with Crippen LogP contribution in [0.1, 0.15) is 57.1 Å². The molecule has 1 aromatic rings. The maximum atomic E-state index is 10.7. The standard InChI is InChI=1S/C18H28O3/c1-4-5-13-6-8-14(9-7-13)18(19)16-11-10-15(20-2)12-17(16)21-3/h10-14,18-19H,4-9H2,1-3H3. The molecular formula is C18H28O3. The molecule has 0 amide bonds. The molecule has 1 atom stereocenters. The highest BCUT2D eigenvalue weighted by atomic mass is 16.5. The van der Waals surface area contributed by atoms with E-state index in [4.69, 9.17) is 9.47 Å². The van der Waals surface area contributed by atoms with Crippen molar-refractivity contribution < 1.29 is 14.6 Å². The highest BCUT2D eigenvalue weighted by molar-refractivity contribution is 5.42. The number of hydrogen-bond donors (Lipinski definition) is 1. The fourth-order valence-corrected chi connectivity index (χ4v) is 3.52. The first-order valence-electron chi connectivity index (χ1n) is 8.09. The Balaban J connectivity index is 2.05. The molecule has 1 saturated carbocycles. The third-order valence-electron chi connectivity index (χ3n) is 4.79. The maximum Gasteiger partial charge on any atom is 0.128 e. The van der Waals surface area contributed by atoms with Gasteiger partial charge >= 0.3 is 0 Å². The number of hydrogen-bond acceptors (Lipinski definition) is 3. The molecule has 2 rings (SSSR count). The molecule has 0 bridgehead atoms. The quantitative estimate of drug-likeness (QED) is 0.847. The Hall–Kier alpha value is -1.22. The van der Waals surface area contributed by atoms with E-state index < -0.39 is 6.10 Å². The summed E-state index contributed by atoms with van der Waals surface area (Å²) in [6.07, 6.45) is 6.87. The molecule has 1 unspecified atom stereocenters. The molecule has 3 heteroatoms. The lowest BCUT2D eigenvalue weighted by molar-refractivity contribution is 0.0701. The molecule has 0 aliphatic heterocycles. The Bertz CT molecular complexity index is 436. The molecule has 21 heavy (non-hydrogen) atoms. The number of methoxy groups -OCH3 is 2. The lowest BCUT2D eigenvalue weighted by Crippen LogP contribution is -2.21. The first-order valence-corrected chi connectivity index (χ1v) is 8.09. The van der Waals surface area contributed by atoms with E-state index in [0.29, 0.717) is 5.92 Å². The van der Waals surface area contributed by atoms with Crippen molar-refractivity contribution in [2.75, 3.05) is 14.2 Å². The highest BCUT2D eigenvalue weighted by Crippen LogP contribution is 2.41. The minimum absolute atomic E-state index is 0.348. The summed E-state index contributed by atoms with van der Waals surface area (Å²) in [6, 6.07) is 5.67. The number of ether oxygens (including phenoxy) is 2. The van der Waals surface area contributed by atoms with Gasteiger partial charge in [0, 0.05) is 11.6 Å². The number of rotatable bonds is 6. The second-order valence-corrected chi connectivity index (χ2v) is 6.12. The Morgan fingerprint density at radius 2 is 1.86 bits per heavy atom. The number of benzene rings is 1. The van der Waals surface area contributed by atoms with Crippen LogP contribution in [0.15, 0.2) is 18.2 Å². The zero-order valence-electron chi connectivity index (χ0n) is 13.5. The van der Waals surface area contributed by atoms with Crippen LogP contribution in [-0.4, -0.2) is 19.3 Å². The van der Waals surface area contributed by atoms with E-state index >= 15 is 0 Å². The predicted octanol–water partition coefficient (Wildman–Crippen LogP) is 4.34. The second-order valence-electron chi connectivity index (χ2n) is 6.12. The van der Waals surface area contributed by atoms with Crippen LogP contribution in [0.5, 0.6) is 11.5 Å². The Kier molecular flexibility index (Phi) is 5.92. The Labute approximate surface area is 128 Å². The summed E-state index contributed by atoms with van der Waals surface area (Å²) in [5.74, 6) is 2.68. The van der Waals surface area contributed by atoms with E-state index in [1.165, 1.54) is 25.7 Å². The molecular weight excluding hydrogens is 264 g/mol. The maximum absolute atomic E-state index is 10.7. The molecule has 1 aliphatic rings. The first-order chi connectivity index (χ1) is 10.2. The van der Waals surface area contributed by atoms with Crippen molar-refractivity contribution in [3.8, 4) is 11.5 Å². The van der Waals surface area contributed by atoms with Crippen LogP contribution in [0.25, 0.3) is 0 Å². The van der Waals surface area contributed by atoms with E-state index in [2.05, 4.69) is 6.92 Å². The molecule has 0 aromatic heterocycles. The van der Waals surface area contributed by atoms with Crippen molar-refractivity contribution in [3.05, 3.63) is 23.8 Å². The second kappa shape index (κ2) is 7.69. The van der Waals surface area contributed by atoms with E-state index in [-0.39, 0.29) is 0 Å². The van der Waals surface area contributed by atoms with Crippen molar-refractivity contribution in [3.63, 3.8) is 0 Å². The highest BCUT2D eigenvalue weighted by Gasteiger charge is 2.28. The third-order valence-corrected chi connectivity index (χ3v) is 4.79. The fraction of sp³-hybridized carbons (Fsp3) is 0.667. The van der Waals surface area contributed by atoms with Crippen molar-refractivity contribution in [2.24, 2.45) is 11.8 Å². The molecule has 1 fully saturated rings. The fourth-order valence-electron chi connectivity index (χ4n) is 3.52. The van der Waals surface area contributed by atoms with Crippen molar-refractivity contribution in [1.29, 1.82) is 0 Å². The summed E-state index contributed by atoms with van der Waals surface area (Å²) < 4.78 is 10.6. The van der Waals surface area contributed by atoms with E-state index in [9.17, 15) is 5.11 Å². The number of aliphatic hydroxyl groups is 1. The van der Waals surface area contributed by atoms with Gasteiger partial charge < -0.3 is 14.6 Å². The summed E-state index contributed by atoms with van der Waals surface area (Å²) in [6.45, 7) is 2.25. The van der Waals surface area contributed by atoms with Gasteiger partial charge in [0.05, 0.1) is 20.3 Å². The summed E-state index contributed by atoms with van der Waals surface area (Å²) in [5, 5.41) is 10.7. The monoisotopic (exact) mass is 292 g/mol. The molecule has 3 nitrogen and oxygen atoms in total. The summed E-state index contributed by atoms with van der Waals surface area (Å²) in [5.41, 5.74) is 0.886. The van der Waals surface area contributed by atoms with Crippen LogP contribution in [0.4, 0.5) is 0 Å². The van der Waals surface area contributed by atoms with Crippen molar-refractivity contribution >= 4 is 0 Å². The molecule has 1 N–H and O–H groups in total. The van der Waals surface area contributed by atoms with Crippen LogP contribution in [0, 0.1) is 11.8 Å². The zero-order valence-corrected chi connectivity index (χ0v) is 13.5. The summed E-state index contributed by atoms with van der Waals surface area (Å²) in [4.78, 5) is 0. The van der Waals surface area contributed by atoms with Gasteiger partial charge in [0.2, 0.25) is 0 Å². The van der Waals surface area contributed by atoms with Crippen LogP contribution < -0.4 is 9.47 Å². The molecule has 0 saturated heterocycles. The SMILES string of the molecule is CCCC1CCC(C(O)c2ccc(OC)cc2OC)CC1. The molecule has 0 heterocycles. The van der Waals surface area contributed by atoms with Gasteiger partial charge in [0.1, 0.15) is 11.5 Å². The molecule has 1 aromatic carbocycles. The minimum Gasteiger partial charge on any atom is -0.497 e. The molecule has 1 aliphatic carbocycles. The third kappa shape index (κ3) is 3.91. The van der Waals surface area contributed by atoms with Gasteiger partial charge in [-0.2, -0.15) is 0 Å². The van der Waals surface area contributed by atoms with Gasteiger partial charge in [-0.15, -0.1) is 0 Å². The lowest BCUT2D eigenvalue weighted by Gasteiger charge is -2.32. The van der Waals surface area contributed by atoms with E-state index in [1.807, 2.05) is 18.2 Å². The first kappa shape index (κ1) is 16.2. The van der Waals surface area contributed by atoms with Crippen LogP contribution in [0.3, 0.4) is 0 Å². The van der Waals surface area contributed by atoms with E-state index in [1.54, 1.807) is 14.2 Å². The van der Waals surface area contributed by atoms with Crippen molar-refractivity contribution in [1.82, 2.24) is 0 Å². The minimum atomic E-state index is -0.437. The van der Waals surface area contributed by atoms with Gasteiger partial charge in [0.25, 0.3) is 0 Å². The van der Waals surface area contributed by atoms with Gasteiger partial charge in [-0.25, -0.2) is 0 Å². The van der Waals surface area contributed by atoms with Crippen molar-refractivity contribution in [2.45, 2.75) is 51.6 Å². The zero-order chi connectivity index (χ0) is 15.2. The average molecular weight is 292 g/mol. The molecule has 0 radical (unpaired) electrons. The summed E-state index contributed by atoms with van der Waals surface area (Å²) in [7, 11) is 3.28. The Morgan fingerprint density at radius 1 is 1.14 bits per heavy atom. The Morgan fingerprint density at radius 3 is 2.43 bits per heavy atom. The smallest absolute Gasteiger partial charge is 0.128 e. The predicted molar refractivity (Wildman–Crippen MR) is 84.9 cm³/mol. The molecule has 118 valence electrons. The normalized spacial score (nSPS) is 23.6. The van der Waals surface area contributed by atoms with Gasteiger partial charge in [-0.1, -0.05) is 32.6 Å². The van der Waals surface area contributed by atoms with Crippen LogP contribution >= 0.6 is 0 Å². The van der Waals surface area contributed by atoms with Gasteiger partial charge in [-0.3, -0.25) is 0 Å². The summed E-state index contributed by atoms with van der Waals surface area (Å²) >= 11 is 0. The van der Waals surface area contributed by atoms with Gasteiger partial charge in [-0.05, 0) is 36.8 Å². The van der Waals surface area contributed by atoms with Crippen LogP contribution in [-0.2, 0) is 0 Å². The number of aliphatic hydroxyl groups excluding tert-OH is 1.